The molecule has 0 saturated carbocycles. The standard InChI is InChI=1S/C85H194O10Si11/c1-20-26-32-38-44-50-56-62-68-74-80-96(7)89-102(15,81-75-69-63-57-51-45-39-33-27-21-2)92-104(17,83-77-71-65-59-53-47-41-35-29-23-4)94-106(19,85-79-73-67-61-55-49-43-37-31-25-6)95-105(18,84-78-72-66-60-54-48-42-36-30-24-5)93-103(16,82-76-70-64-58-52-46-40-34-28-22-3)91-100(11)88-98(9)86-97(8)87-99(10)90-101(12,13)14/h96-100H,20-85H2,1-19H3. The third-order valence-electron chi connectivity index (χ3n) is 22.1. The normalized spacial score (nSPS) is 16.7. The van der Waals surface area contributed by atoms with Gasteiger partial charge in [-0.05, 0) is 121 Å². The van der Waals surface area contributed by atoms with Gasteiger partial charge in [0.1, 0.15) is 0 Å². The van der Waals surface area contributed by atoms with Gasteiger partial charge in [-0.25, -0.2) is 0 Å². The highest BCUT2D eigenvalue weighted by atomic mass is 28.5. The minimum Gasteiger partial charge on any atom is -0.439 e. The van der Waals surface area contributed by atoms with Crippen molar-refractivity contribution < 1.29 is 41.2 Å². The molecule has 0 fully saturated rings. The van der Waals surface area contributed by atoms with Crippen LogP contribution in [0.5, 0.6) is 0 Å². The summed E-state index contributed by atoms with van der Waals surface area (Å²) in [6.07, 6.45) is 79.8. The van der Waals surface area contributed by atoms with E-state index in [-0.39, 0.29) is 0 Å². The SMILES string of the molecule is CCCCCCCCCCCC[SiH](C)O[Si](C)(CCCCCCCCCCCC)O[Si](C)(CCCCCCCCCCCC)O[Si](C)(CCCCCCCCCCCC)O[Si](C)(CCCCCCCCCCCC)O[Si](C)(CCCCCCCCCCCC)O[SiH](C)O[SiH](C)O[SiH](C)O[SiH](C)O[Si](C)(C)C. The van der Waals surface area contributed by atoms with Crippen molar-refractivity contribution in [2.24, 2.45) is 0 Å². The van der Waals surface area contributed by atoms with Gasteiger partial charge in [0.05, 0.1) is 0 Å². The monoisotopic (exact) mass is 1680 g/mol. The summed E-state index contributed by atoms with van der Waals surface area (Å²) in [4.78, 5) is 0. The van der Waals surface area contributed by atoms with Crippen LogP contribution in [0.25, 0.3) is 0 Å². The average molecular weight is 1690 g/mol. The predicted molar refractivity (Wildman–Crippen MR) is 497 cm³/mol. The molecular formula is C85H194O10Si11. The summed E-state index contributed by atoms with van der Waals surface area (Å²) in [5, 5.41) is 0. The highest BCUT2D eigenvalue weighted by Gasteiger charge is 2.53. The number of unbranched alkanes of at least 4 members (excludes halogenated alkanes) is 54. The first-order chi connectivity index (χ1) is 50.9. The van der Waals surface area contributed by atoms with Crippen molar-refractivity contribution in [3.8, 4) is 0 Å². The molecule has 638 valence electrons. The van der Waals surface area contributed by atoms with Crippen LogP contribution < -0.4 is 0 Å². The molecule has 0 heterocycles. The van der Waals surface area contributed by atoms with E-state index < -0.39 is 97.3 Å². The van der Waals surface area contributed by atoms with Crippen molar-refractivity contribution in [3.63, 3.8) is 0 Å². The first-order valence-corrected chi connectivity index (χ1v) is 74.5. The van der Waals surface area contributed by atoms with E-state index in [2.05, 4.69) is 127 Å². The summed E-state index contributed by atoms with van der Waals surface area (Å²) in [6, 6.07) is 6.26. The van der Waals surface area contributed by atoms with Crippen LogP contribution in [0.1, 0.15) is 427 Å². The summed E-state index contributed by atoms with van der Waals surface area (Å²) < 4.78 is 75.5. The third-order valence-corrected chi connectivity index (χ3v) is 63.8. The van der Waals surface area contributed by atoms with E-state index in [9.17, 15) is 0 Å². The minimum absolute atomic E-state index is 0.962. The van der Waals surface area contributed by atoms with Crippen LogP contribution in [0.15, 0.2) is 0 Å². The maximum absolute atomic E-state index is 8.43. The largest absolute Gasteiger partial charge is 0.439 e. The summed E-state index contributed by atoms with van der Waals surface area (Å²) in [5.74, 6) is 0. The molecule has 0 rings (SSSR count). The molecule has 10 nitrogen and oxygen atoms in total. The number of hydrogen-bond donors (Lipinski definition) is 0. The summed E-state index contributed by atoms with van der Waals surface area (Å²) in [5.41, 5.74) is 0. The van der Waals surface area contributed by atoms with Gasteiger partial charge in [0.25, 0.3) is 37.1 Å². The van der Waals surface area contributed by atoms with Gasteiger partial charge in [0, 0.05) is 0 Å². The van der Waals surface area contributed by atoms with E-state index in [0.29, 0.717) is 0 Å². The van der Waals surface area contributed by atoms with Crippen LogP contribution in [-0.4, -0.2) is 97.3 Å². The Morgan fingerprint density at radius 3 is 0.575 bits per heavy atom. The van der Waals surface area contributed by atoms with E-state index >= 15 is 0 Å². The Kier molecular flexibility index (Phi) is 73.6. The zero-order valence-electron chi connectivity index (χ0n) is 75.6. The maximum Gasteiger partial charge on any atom is 0.317 e. The highest BCUT2D eigenvalue weighted by molar-refractivity contribution is 6.91. The zero-order valence-corrected chi connectivity index (χ0v) is 87.4. The third kappa shape index (κ3) is 69.1. The molecule has 0 aliphatic heterocycles. The lowest BCUT2D eigenvalue weighted by atomic mass is 10.1. The Hall–Kier alpha value is 1.99. The van der Waals surface area contributed by atoms with Crippen molar-refractivity contribution >= 4 is 97.3 Å². The molecule has 0 aliphatic rings. The predicted octanol–water partition coefficient (Wildman–Crippen LogP) is 30.6. The molecular weight excluding hydrogens is 1490 g/mol. The van der Waals surface area contributed by atoms with Crippen LogP contribution >= 0.6 is 0 Å². The molecule has 10 atom stereocenters. The Morgan fingerprint density at radius 1 is 0.179 bits per heavy atom. The quantitative estimate of drug-likeness (QED) is 0.0433. The van der Waals surface area contributed by atoms with E-state index in [1.54, 1.807) is 0 Å². The fourth-order valence-electron chi connectivity index (χ4n) is 16.3. The van der Waals surface area contributed by atoms with Gasteiger partial charge >= 0.3 is 42.8 Å². The van der Waals surface area contributed by atoms with Gasteiger partial charge in [-0.3, -0.25) is 0 Å². The Labute approximate surface area is 681 Å². The van der Waals surface area contributed by atoms with Gasteiger partial charge in [-0.2, -0.15) is 0 Å². The van der Waals surface area contributed by atoms with Gasteiger partial charge in [0.15, 0.2) is 17.4 Å². The van der Waals surface area contributed by atoms with Crippen molar-refractivity contribution in [2.75, 3.05) is 0 Å². The molecule has 0 bridgehead atoms. The number of rotatable bonds is 86. The highest BCUT2D eigenvalue weighted by Crippen LogP contribution is 2.38. The van der Waals surface area contributed by atoms with Gasteiger partial charge in [0.2, 0.25) is 0 Å². The fraction of sp³-hybridized carbons (Fsp3) is 1.00. The van der Waals surface area contributed by atoms with Crippen molar-refractivity contribution in [3.05, 3.63) is 0 Å². The lowest BCUT2D eigenvalue weighted by molar-refractivity contribution is 0.249. The summed E-state index contributed by atoms with van der Waals surface area (Å²) in [6.45, 7) is 44.6. The maximum atomic E-state index is 8.43. The Balaban J connectivity index is 7.99. The Bertz CT molecular complexity index is 1860. The van der Waals surface area contributed by atoms with Crippen LogP contribution in [0, 0.1) is 0 Å². The molecule has 0 spiro atoms. The van der Waals surface area contributed by atoms with Gasteiger partial charge in [-0.1, -0.05) is 427 Å². The fourth-order valence-corrected chi connectivity index (χ4v) is 63.6. The smallest absolute Gasteiger partial charge is 0.317 e. The summed E-state index contributed by atoms with van der Waals surface area (Å²) in [7, 11) is -26.1. The second kappa shape index (κ2) is 72.2. The van der Waals surface area contributed by atoms with Crippen LogP contribution in [0.2, 0.25) is 121 Å². The molecule has 0 saturated heterocycles. The molecule has 0 N–H and O–H groups in total. The van der Waals surface area contributed by atoms with Crippen LogP contribution in [-0.2, 0) is 41.2 Å². The molecule has 106 heavy (non-hydrogen) atoms. The molecule has 0 aromatic rings. The van der Waals surface area contributed by atoms with Gasteiger partial charge in [-0.15, -0.1) is 0 Å². The molecule has 0 aliphatic carbocycles. The summed E-state index contributed by atoms with van der Waals surface area (Å²) >= 11 is 0. The number of hydrogen-bond acceptors (Lipinski definition) is 10. The minimum atomic E-state index is -3.06. The first-order valence-electron chi connectivity index (χ1n) is 47.7. The van der Waals surface area contributed by atoms with E-state index in [1.807, 2.05) is 0 Å². The molecule has 0 radical (unpaired) electrons. The van der Waals surface area contributed by atoms with E-state index in [0.717, 1.165) is 55.9 Å². The molecule has 10 unspecified atom stereocenters. The second-order valence-corrected chi connectivity index (χ2v) is 69.8. The molecule has 0 amide bonds. The molecule has 0 aromatic carbocycles. The molecule has 21 heteroatoms. The van der Waals surface area contributed by atoms with Crippen molar-refractivity contribution in [1.29, 1.82) is 0 Å². The second-order valence-electron chi connectivity index (χ2n) is 35.7. The zero-order chi connectivity index (χ0) is 78.6. The van der Waals surface area contributed by atoms with Crippen molar-refractivity contribution in [1.82, 2.24) is 0 Å². The molecule has 0 aromatic heterocycles. The lowest BCUT2D eigenvalue weighted by Gasteiger charge is -2.47. The Morgan fingerprint density at radius 2 is 0.349 bits per heavy atom. The topological polar surface area (TPSA) is 92.3 Å². The van der Waals surface area contributed by atoms with Crippen LogP contribution in [0.4, 0.5) is 0 Å². The van der Waals surface area contributed by atoms with Gasteiger partial charge < -0.3 is 41.2 Å². The van der Waals surface area contributed by atoms with Crippen molar-refractivity contribution in [2.45, 2.75) is 548 Å². The first kappa shape index (κ1) is 108. The lowest BCUT2D eigenvalue weighted by Crippen LogP contribution is -2.63. The average Bonchev–Trinajstić information content (AvgIpc) is 0.787. The van der Waals surface area contributed by atoms with E-state index in [1.165, 1.54) is 366 Å². The van der Waals surface area contributed by atoms with Crippen LogP contribution in [0.3, 0.4) is 0 Å². The van der Waals surface area contributed by atoms with E-state index in [4.69, 9.17) is 41.2 Å².